The summed E-state index contributed by atoms with van der Waals surface area (Å²) >= 11 is 0. The molecule has 9 heteroatoms. The number of para-hydroxylation sites is 1. The number of hydrazine groups is 1. The van der Waals surface area contributed by atoms with Crippen molar-refractivity contribution in [3.05, 3.63) is 63.2 Å². The van der Waals surface area contributed by atoms with Crippen molar-refractivity contribution >= 4 is 23.2 Å². The zero-order valence-electron chi connectivity index (χ0n) is 15.2. The van der Waals surface area contributed by atoms with E-state index in [-0.39, 0.29) is 23.5 Å². The average molecular weight is 372 g/mol. The van der Waals surface area contributed by atoms with Gasteiger partial charge in [0.1, 0.15) is 11.4 Å². The van der Waals surface area contributed by atoms with Crippen LogP contribution in [-0.2, 0) is 4.79 Å². The summed E-state index contributed by atoms with van der Waals surface area (Å²) in [6, 6.07) is 9.57. The Kier molecular flexibility index (Phi) is 6.32. The van der Waals surface area contributed by atoms with Crippen LogP contribution < -0.4 is 20.9 Å². The number of amides is 2. The van der Waals surface area contributed by atoms with E-state index < -0.39 is 16.7 Å². The molecule has 0 unspecified atom stereocenters. The minimum atomic E-state index is -0.679. The van der Waals surface area contributed by atoms with Gasteiger partial charge in [-0.25, -0.2) is 0 Å². The second-order valence-electron chi connectivity index (χ2n) is 5.75. The van der Waals surface area contributed by atoms with Gasteiger partial charge in [0, 0.05) is 18.7 Å². The van der Waals surface area contributed by atoms with Crippen molar-refractivity contribution in [2.75, 3.05) is 19.0 Å². The number of aryl methyl sites for hydroxylation is 2. The third kappa shape index (κ3) is 4.94. The molecule has 0 saturated carbocycles. The van der Waals surface area contributed by atoms with E-state index in [2.05, 4.69) is 16.2 Å². The van der Waals surface area contributed by atoms with Gasteiger partial charge in [-0.2, -0.15) is 0 Å². The summed E-state index contributed by atoms with van der Waals surface area (Å²) in [7, 11) is 1.54. The fraction of sp³-hybridized carbons (Fsp3) is 0.222. The highest BCUT2D eigenvalue weighted by atomic mass is 16.6. The van der Waals surface area contributed by atoms with Crippen LogP contribution in [0.15, 0.2) is 36.4 Å². The van der Waals surface area contributed by atoms with E-state index in [1.807, 2.05) is 32.0 Å². The zero-order valence-corrected chi connectivity index (χ0v) is 15.2. The highest BCUT2D eigenvalue weighted by molar-refractivity contribution is 5.96. The molecular formula is C18H20N4O5. The Balaban J connectivity index is 1.94. The summed E-state index contributed by atoms with van der Waals surface area (Å²) in [5.41, 5.74) is 6.29. The predicted molar refractivity (Wildman–Crippen MR) is 99.7 cm³/mol. The third-order valence-corrected chi connectivity index (χ3v) is 3.80. The van der Waals surface area contributed by atoms with Crippen molar-refractivity contribution in [3.63, 3.8) is 0 Å². The predicted octanol–water partition coefficient (Wildman–Crippen LogP) is 2.09. The standard InChI is InChI=1S/C18H20N4O5/c1-11-5-4-6-12(2)17(11)27-10-16(23)20-21-18(24)13-7-8-14(19-3)15(9-13)22(25)26/h4-9,19H,10H2,1-3H3,(H,20,23)(H,21,24). The van der Waals surface area contributed by atoms with Gasteiger partial charge < -0.3 is 10.1 Å². The van der Waals surface area contributed by atoms with Gasteiger partial charge in [-0.1, -0.05) is 18.2 Å². The van der Waals surface area contributed by atoms with Crippen molar-refractivity contribution in [2.45, 2.75) is 13.8 Å². The van der Waals surface area contributed by atoms with Crippen LogP contribution in [0, 0.1) is 24.0 Å². The number of ether oxygens (including phenoxy) is 1. The Morgan fingerprint density at radius 2 is 1.78 bits per heavy atom. The van der Waals surface area contributed by atoms with Gasteiger partial charge in [0.25, 0.3) is 17.5 Å². The number of nitro benzene ring substituents is 1. The fourth-order valence-corrected chi connectivity index (χ4v) is 2.43. The molecule has 0 radical (unpaired) electrons. The minimum absolute atomic E-state index is 0.0386. The van der Waals surface area contributed by atoms with E-state index in [4.69, 9.17) is 4.74 Å². The lowest BCUT2D eigenvalue weighted by Crippen LogP contribution is -2.43. The maximum absolute atomic E-state index is 12.1. The van der Waals surface area contributed by atoms with E-state index in [1.165, 1.54) is 12.1 Å². The van der Waals surface area contributed by atoms with Gasteiger partial charge in [-0.15, -0.1) is 0 Å². The Morgan fingerprint density at radius 3 is 2.37 bits per heavy atom. The summed E-state index contributed by atoms with van der Waals surface area (Å²) in [5, 5.41) is 13.7. The second kappa shape index (κ2) is 8.65. The van der Waals surface area contributed by atoms with Crippen molar-refractivity contribution in [3.8, 4) is 5.75 Å². The summed E-state index contributed by atoms with van der Waals surface area (Å²) < 4.78 is 5.49. The molecular weight excluding hydrogens is 352 g/mol. The van der Waals surface area contributed by atoms with Crippen LogP contribution in [0.25, 0.3) is 0 Å². The lowest BCUT2D eigenvalue weighted by molar-refractivity contribution is -0.384. The van der Waals surface area contributed by atoms with Crippen molar-refractivity contribution < 1.29 is 19.2 Å². The Morgan fingerprint density at radius 1 is 1.11 bits per heavy atom. The largest absolute Gasteiger partial charge is 0.483 e. The fourth-order valence-electron chi connectivity index (χ4n) is 2.43. The van der Waals surface area contributed by atoms with Gasteiger partial charge in [0.05, 0.1) is 4.92 Å². The molecule has 0 aliphatic heterocycles. The van der Waals surface area contributed by atoms with E-state index in [0.717, 1.165) is 17.2 Å². The molecule has 0 saturated heterocycles. The molecule has 2 aromatic carbocycles. The Labute approximate surface area is 155 Å². The molecule has 9 nitrogen and oxygen atoms in total. The van der Waals surface area contributed by atoms with E-state index in [1.54, 1.807) is 7.05 Å². The van der Waals surface area contributed by atoms with Crippen LogP contribution in [0.3, 0.4) is 0 Å². The molecule has 2 rings (SSSR count). The summed E-state index contributed by atoms with van der Waals surface area (Å²) in [6.07, 6.45) is 0. The molecule has 2 aromatic rings. The molecule has 2 amide bonds. The average Bonchev–Trinajstić information content (AvgIpc) is 2.65. The molecule has 0 aliphatic carbocycles. The highest BCUT2D eigenvalue weighted by Crippen LogP contribution is 2.25. The van der Waals surface area contributed by atoms with Gasteiger partial charge in [0.2, 0.25) is 0 Å². The quantitative estimate of drug-likeness (QED) is 0.527. The monoisotopic (exact) mass is 372 g/mol. The molecule has 0 aliphatic rings. The topological polar surface area (TPSA) is 123 Å². The molecule has 27 heavy (non-hydrogen) atoms. The number of anilines is 1. The number of benzene rings is 2. The summed E-state index contributed by atoms with van der Waals surface area (Å²) in [5.74, 6) is -0.634. The maximum Gasteiger partial charge on any atom is 0.293 e. The second-order valence-corrected chi connectivity index (χ2v) is 5.75. The normalized spacial score (nSPS) is 10.0. The van der Waals surface area contributed by atoms with Crippen molar-refractivity contribution in [1.29, 1.82) is 0 Å². The first-order valence-electron chi connectivity index (χ1n) is 8.08. The first-order valence-corrected chi connectivity index (χ1v) is 8.08. The Bertz CT molecular complexity index is 862. The molecule has 0 spiro atoms. The smallest absolute Gasteiger partial charge is 0.293 e. The number of nitrogens with zero attached hydrogens (tertiary/aromatic N) is 1. The van der Waals surface area contributed by atoms with Gasteiger partial charge in [-0.3, -0.25) is 30.6 Å². The summed E-state index contributed by atoms with van der Waals surface area (Å²) in [6.45, 7) is 3.44. The van der Waals surface area contributed by atoms with Crippen LogP contribution in [-0.4, -0.2) is 30.4 Å². The lowest BCUT2D eigenvalue weighted by Gasteiger charge is -2.12. The highest BCUT2D eigenvalue weighted by Gasteiger charge is 2.17. The molecule has 0 fully saturated rings. The number of hydrogen-bond acceptors (Lipinski definition) is 6. The molecule has 0 heterocycles. The number of nitrogens with one attached hydrogen (secondary N) is 3. The number of carbonyl (C=O) groups excluding carboxylic acids is 2. The molecule has 0 bridgehead atoms. The first-order chi connectivity index (χ1) is 12.8. The lowest BCUT2D eigenvalue weighted by atomic mass is 10.1. The minimum Gasteiger partial charge on any atom is -0.483 e. The van der Waals surface area contributed by atoms with Crippen molar-refractivity contribution in [2.24, 2.45) is 0 Å². The SMILES string of the molecule is CNc1ccc(C(=O)NNC(=O)COc2c(C)cccc2C)cc1[N+](=O)[O-]. The number of nitro groups is 1. The number of carbonyl (C=O) groups is 2. The molecule has 0 aromatic heterocycles. The van der Waals surface area contributed by atoms with Crippen LogP contribution in [0.1, 0.15) is 21.5 Å². The van der Waals surface area contributed by atoms with Crippen LogP contribution in [0.4, 0.5) is 11.4 Å². The van der Waals surface area contributed by atoms with Crippen LogP contribution in [0.2, 0.25) is 0 Å². The molecule has 0 atom stereocenters. The van der Waals surface area contributed by atoms with E-state index >= 15 is 0 Å². The van der Waals surface area contributed by atoms with Crippen LogP contribution in [0.5, 0.6) is 5.75 Å². The third-order valence-electron chi connectivity index (χ3n) is 3.80. The number of rotatable bonds is 6. The number of hydrogen-bond donors (Lipinski definition) is 3. The van der Waals surface area contributed by atoms with E-state index in [0.29, 0.717) is 5.75 Å². The van der Waals surface area contributed by atoms with Crippen LogP contribution >= 0.6 is 0 Å². The van der Waals surface area contributed by atoms with Gasteiger partial charge in [0.15, 0.2) is 6.61 Å². The maximum atomic E-state index is 12.1. The van der Waals surface area contributed by atoms with Gasteiger partial charge in [-0.05, 0) is 37.1 Å². The molecule has 3 N–H and O–H groups in total. The van der Waals surface area contributed by atoms with E-state index in [9.17, 15) is 19.7 Å². The van der Waals surface area contributed by atoms with Crippen molar-refractivity contribution in [1.82, 2.24) is 10.9 Å². The van der Waals surface area contributed by atoms with Gasteiger partial charge >= 0.3 is 0 Å². The first kappa shape index (κ1) is 19.7. The zero-order chi connectivity index (χ0) is 20.0. The molecule has 142 valence electrons. The summed E-state index contributed by atoms with van der Waals surface area (Å²) in [4.78, 5) is 34.4. The Hall–Kier alpha value is -3.62.